The standard InChI is InChI=1S/C11H20O4.2BrH/c12-10(13)8-6-4-2-1-3-5-7-9-11(14)15;;/h1-9H2,(H,12,13)(H,14,15);2*1H/p-4. The maximum absolute atomic E-state index is 10.1. The van der Waals surface area contributed by atoms with Crippen LogP contribution in [-0.2, 0) is 9.59 Å². The lowest BCUT2D eigenvalue weighted by Crippen LogP contribution is -3.00. The van der Waals surface area contributed by atoms with E-state index in [-0.39, 0.29) is 46.8 Å². The fraction of sp³-hybridized carbons (Fsp3) is 0.818. The second kappa shape index (κ2) is 15.9. The van der Waals surface area contributed by atoms with Crippen LogP contribution in [0.5, 0.6) is 0 Å². The van der Waals surface area contributed by atoms with E-state index in [2.05, 4.69) is 0 Å². The van der Waals surface area contributed by atoms with Crippen LogP contribution in [0.3, 0.4) is 0 Å². The van der Waals surface area contributed by atoms with E-state index in [1.165, 1.54) is 0 Å². The topological polar surface area (TPSA) is 80.3 Å². The third-order valence-corrected chi connectivity index (χ3v) is 2.26. The summed E-state index contributed by atoms with van der Waals surface area (Å²) in [5, 5.41) is 20.1. The summed E-state index contributed by atoms with van der Waals surface area (Å²) in [6.45, 7) is 0. The second-order valence-corrected chi connectivity index (χ2v) is 3.72. The van der Waals surface area contributed by atoms with Gasteiger partial charge in [0, 0.05) is 11.9 Å². The first-order valence-corrected chi connectivity index (χ1v) is 5.52. The Balaban J connectivity index is -0.000000980. The fourth-order valence-electron chi connectivity index (χ4n) is 1.42. The average Bonchev–Trinajstić information content (AvgIpc) is 2.14. The molecule has 0 saturated carbocycles. The summed E-state index contributed by atoms with van der Waals surface area (Å²) < 4.78 is 0. The van der Waals surface area contributed by atoms with Gasteiger partial charge in [-0.2, -0.15) is 0 Å². The molecule has 0 aromatic rings. The Morgan fingerprint density at radius 3 is 1.06 bits per heavy atom. The van der Waals surface area contributed by atoms with Gasteiger partial charge in [0.15, 0.2) is 0 Å². The Kier molecular flexibility index (Phi) is 20.7. The lowest BCUT2D eigenvalue weighted by atomic mass is 10.1. The van der Waals surface area contributed by atoms with Gasteiger partial charge in [-0.1, -0.05) is 32.1 Å². The van der Waals surface area contributed by atoms with Crippen LogP contribution < -0.4 is 44.2 Å². The number of carbonyl (C=O) groups excluding carboxylic acids is 2. The summed E-state index contributed by atoms with van der Waals surface area (Å²) in [5.41, 5.74) is 0. The molecule has 0 aliphatic carbocycles. The highest BCUT2D eigenvalue weighted by Crippen LogP contribution is 2.09. The minimum Gasteiger partial charge on any atom is -1.00 e. The molecule has 0 aliphatic heterocycles. The molecule has 0 spiro atoms. The van der Waals surface area contributed by atoms with Crippen molar-refractivity contribution in [3.63, 3.8) is 0 Å². The molecule has 0 unspecified atom stereocenters. The summed E-state index contributed by atoms with van der Waals surface area (Å²) in [7, 11) is 0. The molecule has 6 heteroatoms. The molecule has 0 fully saturated rings. The molecule has 0 saturated heterocycles. The Labute approximate surface area is 123 Å². The van der Waals surface area contributed by atoms with Crippen LogP contribution >= 0.6 is 0 Å². The van der Waals surface area contributed by atoms with Gasteiger partial charge in [-0.25, -0.2) is 0 Å². The number of carbonyl (C=O) groups is 2. The summed E-state index contributed by atoms with van der Waals surface area (Å²) in [6, 6.07) is 0. The summed E-state index contributed by atoms with van der Waals surface area (Å²) in [5.74, 6) is -1.96. The van der Waals surface area contributed by atoms with Gasteiger partial charge in [0.1, 0.15) is 0 Å². The van der Waals surface area contributed by atoms with Gasteiger partial charge in [0.2, 0.25) is 0 Å². The summed E-state index contributed by atoms with van der Waals surface area (Å²) in [6.07, 6.45) is 6.54. The molecule has 0 aromatic carbocycles. The third kappa shape index (κ3) is 21.7. The quantitative estimate of drug-likeness (QED) is 0.357. The van der Waals surface area contributed by atoms with Gasteiger partial charge in [0.25, 0.3) is 0 Å². The van der Waals surface area contributed by atoms with Gasteiger partial charge in [-0.3, -0.25) is 0 Å². The van der Waals surface area contributed by atoms with Crippen molar-refractivity contribution < 1.29 is 53.8 Å². The monoisotopic (exact) mass is 372 g/mol. The van der Waals surface area contributed by atoms with Crippen molar-refractivity contribution in [1.82, 2.24) is 0 Å². The first-order chi connectivity index (χ1) is 7.13. The van der Waals surface area contributed by atoms with Gasteiger partial charge >= 0.3 is 0 Å². The number of halogens is 2. The van der Waals surface area contributed by atoms with Crippen molar-refractivity contribution >= 4 is 11.9 Å². The number of unbranched alkanes of at least 4 members (excludes halogenated alkanes) is 6. The average molecular weight is 374 g/mol. The third-order valence-electron chi connectivity index (χ3n) is 2.26. The highest BCUT2D eigenvalue weighted by atomic mass is 79.9. The second-order valence-electron chi connectivity index (χ2n) is 3.72. The number of aliphatic carboxylic acids is 2. The highest BCUT2D eigenvalue weighted by Gasteiger charge is 1.93. The van der Waals surface area contributed by atoms with Gasteiger partial charge in [0.05, 0.1) is 0 Å². The Bertz CT molecular complexity index is 178. The molecule has 0 amide bonds. The molecule has 0 N–H and O–H groups in total. The van der Waals surface area contributed by atoms with Crippen molar-refractivity contribution in [2.75, 3.05) is 0 Å². The van der Waals surface area contributed by atoms with E-state index in [1.54, 1.807) is 0 Å². The van der Waals surface area contributed by atoms with Gasteiger partial charge in [-0.05, 0) is 25.7 Å². The van der Waals surface area contributed by atoms with Gasteiger partial charge in [-0.15, -0.1) is 0 Å². The normalized spacial score (nSPS) is 8.94. The van der Waals surface area contributed by atoms with Crippen molar-refractivity contribution in [1.29, 1.82) is 0 Å². The Morgan fingerprint density at radius 1 is 0.588 bits per heavy atom. The molecular weight excluding hydrogens is 356 g/mol. The zero-order valence-electron chi connectivity index (χ0n) is 9.75. The van der Waals surface area contributed by atoms with Crippen molar-refractivity contribution in [3.05, 3.63) is 0 Å². The molecule has 4 nitrogen and oxygen atoms in total. The number of hydrogen-bond donors (Lipinski definition) is 0. The first kappa shape index (κ1) is 22.1. The number of carboxylic acids is 2. The smallest absolute Gasteiger partial charge is 0.0414 e. The van der Waals surface area contributed by atoms with Crippen LogP contribution in [0.4, 0.5) is 0 Å². The minimum absolute atomic E-state index is 0. The Morgan fingerprint density at radius 2 is 0.824 bits per heavy atom. The van der Waals surface area contributed by atoms with Crippen molar-refractivity contribution in [3.8, 4) is 0 Å². The minimum atomic E-state index is -0.982. The van der Waals surface area contributed by atoms with Gasteiger partial charge < -0.3 is 53.8 Å². The SMILES string of the molecule is O=C([O-])CCCCCCCCCC(=O)[O-].[Br-].[Br-]. The molecule has 0 radical (unpaired) electrons. The zero-order valence-corrected chi connectivity index (χ0v) is 12.9. The fourth-order valence-corrected chi connectivity index (χ4v) is 1.42. The molecule has 0 aromatic heterocycles. The number of hydrogen-bond acceptors (Lipinski definition) is 4. The van der Waals surface area contributed by atoms with Crippen molar-refractivity contribution in [2.45, 2.75) is 57.8 Å². The maximum Gasteiger partial charge on any atom is 0.0414 e. The largest absolute Gasteiger partial charge is 1.00 e. The van der Waals surface area contributed by atoms with E-state index in [9.17, 15) is 19.8 Å². The van der Waals surface area contributed by atoms with Crippen LogP contribution in [0.25, 0.3) is 0 Å². The number of rotatable bonds is 10. The van der Waals surface area contributed by atoms with E-state index in [4.69, 9.17) is 0 Å². The van der Waals surface area contributed by atoms with Crippen LogP contribution in [0.15, 0.2) is 0 Å². The summed E-state index contributed by atoms with van der Waals surface area (Å²) in [4.78, 5) is 20.1. The lowest BCUT2D eigenvalue weighted by Gasteiger charge is -2.03. The Hall–Kier alpha value is -0.100. The molecule has 0 heterocycles. The molecule has 17 heavy (non-hydrogen) atoms. The molecule has 0 atom stereocenters. The van der Waals surface area contributed by atoms with Crippen LogP contribution in [0.1, 0.15) is 57.8 Å². The molecular formula is C11H18Br2O4-4. The van der Waals surface area contributed by atoms with Crippen LogP contribution in [0, 0.1) is 0 Å². The van der Waals surface area contributed by atoms with E-state index < -0.39 is 11.9 Å². The highest BCUT2D eigenvalue weighted by molar-refractivity contribution is 5.64. The van der Waals surface area contributed by atoms with E-state index in [1.807, 2.05) is 0 Å². The molecule has 0 aliphatic rings. The molecule has 0 rings (SSSR count). The lowest BCUT2D eigenvalue weighted by molar-refractivity contribution is -0.307. The van der Waals surface area contributed by atoms with E-state index >= 15 is 0 Å². The maximum atomic E-state index is 10.1. The summed E-state index contributed by atoms with van der Waals surface area (Å²) >= 11 is 0. The van der Waals surface area contributed by atoms with Crippen molar-refractivity contribution in [2.24, 2.45) is 0 Å². The first-order valence-electron chi connectivity index (χ1n) is 5.52. The predicted octanol–water partition coefficient (Wildman–Crippen LogP) is -5.99. The molecule has 0 bridgehead atoms. The molecule has 104 valence electrons. The zero-order chi connectivity index (χ0) is 11.5. The van der Waals surface area contributed by atoms with E-state index in [0.29, 0.717) is 12.8 Å². The van der Waals surface area contributed by atoms with E-state index in [0.717, 1.165) is 32.1 Å². The predicted molar refractivity (Wildman–Crippen MR) is 51.6 cm³/mol. The van der Waals surface area contributed by atoms with Crippen LogP contribution in [-0.4, -0.2) is 11.9 Å². The van der Waals surface area contributed by atoms with Crippen LogP contribution in [0.2, 0.25) is 0 Å². The number of carboxylic acid groups (broad SMARTS) is 2.